The summed E-state index contributed by atoms with van der Waals surface area (Å²) in [6, 6.07) is 8.64. The van der Waals surface area contributed by atoms with Crippen molar-refractivity contribution in [3.63, 3.8) is 0 Å². The number of benzene rings is 1. The second kappa shape index (κ2) is 5.35. The molecule has 1 aromatic rings. The molecule has 2 nitrogen and oxygen atoms in total. The number of amides is 1. The third-order valence-electron chi connectivity index (χ3n) is 3.54. The highest BCUT2D eigenvalue weighted by Crippen LogP contribution is 2.31. The van der Waals surface area contributed by atoms with Crippen LogP contribution in [0.15, 0.2) is 24.3 Å². The number of nitrogens with zero attached hydrogens (tertiary/aromatic N) is 1. The largest absolute Gasteiger partial charge is 0.309 e. The summed E-state index contributed by atoms with van der Waals surface area (Å²) in [7, 11) is 0. The fraction of sp³-hybridized carbons (Fsp3) is 0.533. The van der Waals surface area contributed by atoms with Gasteiger partial charge < -0.3 is 4.90 Å². The predicted molar refractivity (Wildman–Crippen MR) is 71.2 cm³/mol. The zero-order chi connectivity index (χ0) is 12.3. The molecular formula is C15H21NO. The van der Waals surface area contributed by atoms with Gasteiger partial charge in [-0.15, -0.1) is 0 Å². The fourth-order valence-corrected chi connectivity index (χ4v) is 2.52. The van der Waals surface area contributed by atoms with Gasteiger partial charge in [-0.1, -0.05) is 31.5 Å². The van der Waals surface area contributed by atoms with Crippen LogP contribution in [0.25, 0.3) is 0 Å². The van der Waals surface area contributed by atoms with E-state index < -0.39 is 0 Å². The van der Waals surface area contributed by atoms with Crippen LogP contribution in [-0.2, 0) is 11.2 Å². The van der Waals surface area contributed by atoms with E-state index in [4.69, 9.17) is 0 Å². The molecular weight excluding hydrogens is 210 g/mol. The quantitative estimate of drug-likeness (QED) is 0.779. The van der Waals surface area contributed by atoms with E-state index in [1.807, 2.05) is 11.0 Å². The van der Waals surface area contributed by atoms with E-state index in [0.29, 0.717) is 12.5 Å². The molecule has 17 heavy (non-hydrogen) atoms. The third-order valence-corrected chi connectivity index (χ3v) is 3.54. The summed E-state index contributed by atoms with van der Waals surface area (Å²) in [6.07, 6.45) is 4.92. The molecule has 1 atom stereocenters. The zero-order valence-corrected chi connectivity index (χ0v) is 10.8. The minimum atomic E-state index is 0.284. The molecule has 1 unspecified atom stereocenters. The Hall–Kier alpha value is -1.31. The van der Waals surface area contributed by atoms with Gasteiger partial charge >= 0.3 is 0 Å². The summed E-state index contributed by atoms with van der Waals surface area (Å²) in [5.41, 5.74) is 2.45. The molecule has 0 saturated heterocycles. The number of fused-ring (bicyclic) bond motifs is 1. The van der Waals surface area contributed by atoms with E-state index in [9.17, 15) is 4.79 Å². The highest BCUT2D eigenvalue weighted by molar-refractivity contribution is 5.95. The minimum absolute atomic E-state index is 0.284. The Morgan fingerprint density at radius 2 is 2.18 bits per heavy atom. The van der Waals surface area contributed by atoms with Crippen LogP contribution in [0, 0.1) is 0 Å². The normalized spacial score (nSPS) is 18.9. The van der Waals surface area contributed by atoms with Crippen LogP contribution < -0.4 is 4.90 Å². The fourth-order valence-electron chi connectivity index (χ4n) is 2.52. The molecule has 0 bridgehead atoms. The van der Waals surface area contributed by atoms with Crippen molar-refractivity contribution in [2.45, 2.75) is 52.0 Å². The molecule has 0 aliphatic carbocycles. The van der Waals surface area contributed by atoms with Gasteiger partial charge in [-0.3, -0.25) is 4.79 Å². The van der Waals surface area contributed by atoms with Crippen molar-refractivity contribution in [3.8, 4) is 0 Å². The van der Waals surface area contributed by atoms with Crippen molar-refractivity contribution < 1.29 is 4.79 Å². The monoisotopic (exact) mass is 231 g/mol. The summed E-state index contributed by atoms with van der Waals surface area (Å²) in [5, 5.41) is 0. The Kier molecular flexibility index (Phi) is 3.82. The number of aryl methyl sites for hydroxylation is 1. The molecule has 0 saturated carbocycles. The number of anilines is 1. The Bertz CT molecular complexity index is 400. The van der Waals surface area contributed by atoms with E-state index in [1.165, 1.54) is 5.56 Å². The topological polar surface area (TPSA) is 20.3 Å². The molecule has 1 aromatic carbocycles. The van der Waals surface area contributed by atoms with E-state index in [0.717, 1.165) is 31.4 Å². The number of hydrogen-bond donors (Lipinski definition) is 0. The second-order valence-electron chi connectivity index (χ2n) is 4.88. The molecule has 0 spiro atoms. The first-order valence-electron chi connectivity index (χ1n) is 6.64. The second-order valence-corrected chi connectivity index (χ2v) is 4.88. The zero-order valence-electron chi connectivity index (χ0n) is 10.8. The van der Waals surface area contributed by atoms with Crippen molar-refractivity contribution in [2.24, 2.45) is 0 Å². The summed E-state index contributed by atoms with van der Waals surface area (Å²) < 4.78 is 0. The molecule has 1 aliphatic heterocycles. The first-order valence-corrected chi connectivity index (χ1v) is 6.64. The van der Waals surface area contributed by atoms with Crippen LogP contribution >= 0.6 is 0 Å². The van der Waals surface area contributed by atoms with Crippen molar-refractivity contribution >= 4 is 11.6 Å². The van der Waals surface area contributed by atoms with Gasteiger partial charge in [0.05, 0.1) is 0 Å². The van der Waals surface area contributed by atoms with E-state index in [2.05, 4.69) is 32.0 Å². The number of unbranched alkanes of at least 4 members (excludes halogenated alkanes) is 1. The summed E-state index contributed by atoms with van der Waals surface area (Å²) >= 11 is 0. The van der Waals surface area contributed by atoms with Crippen molar-refractivity contribution in [1.29, 1.82) is 0 Å². The SMILES string of the molecule is CCCCC(=O)N1c2ccccc2CCC1C. The maximum absolute atomic E-state index is 12.3. The van der Waals surface area contributed by atoms with Crippen molar-refractivity contribution in [2.75, 3.05) is 4.90 Å². The average Bonchev–Trinajstić information content (AvgIpc) is 2.35. The smallest absolute Gasteiger partial charge is 0.227 e. The highest BCUT2D eigenvalue weighted by Gasteiger charge is 2.27. The first-order chi connectivity index (χ1) is 8.24. The van der Waals surface area contributed by atoms with Crippen molar-refractivity contribution in [1.82, 2.24) is 0 Å². The van der Waals surface area contributed by atoms with Gasteiger partial charge in [-0.05, 0) is 37.8 Å². The number of rotatable bonds is 3. The van der Waals surface area contributed by atoms with Crippen LogP contribution in [0.4, 0.5) is 5.69 Å². The minimum Gasteiger partial charge on any atom is -0.309 e. The van der Waals surface area contributed by atoms with Gasteiger partial charge in [0.25, 0.3) is 0 Å². The molecule has 0 N–H and O–H groups in total. The van der Waals surface area contributed by atoms with Crippen LogP contribution in [0.3, 0.4) is 0 Å². The third kappa shape index (κ3) is 2.51. The number of para-hydroxylation sites is 1. The van der Waals surface area contributed by atoms with Gasteiger partial charge in [0.15, 0.2) is 0 Å². The predicted octanol–water partition coefficient (Wildman–Crippen LogP) is 3.54. The molecule has 1 heterocycles. The maximum atomic E-state index is 12.3. The molecule has 2 heteroatoms. The number of carbonyl (C=O) groups is 1. The molecule has 1 aliphatic rings. The van der Waals surface area contributed by atoms with Crippen LogP contribution in [0.2, 0.25) is 0 Å². The Labute approximate surface area is 104 Å². The van der Waals surface area contributed by atoms with Crippen LogP contribution in [-0.4, -0.2) is 11.9 Å². The lowest BCUT2D eigenvalue weighted by atomic mass is 9.96. The number of carbonyl (C=O) groups excluding carboxylic acids is 1. The average molecular weight is 231 g/mol. The standard InChI is InChI=1S/C15H21NO/c1-3-4-9-15(17)16-12(2)10-11-13-7-5-6-8-14(13)16/h5-8,12H,3-4,9-11H2,1-2H3. The van der Waals surface area contributed by atoms with Crippen LogP contribution in [0.5, 0.6) is 0 Å². The van der Waals surface area contributed by atoms with Gasteiger partial charge in [-0.2, -0.15) is 0 Å². The Balaban J connectivity index is 2.23. The van der Waals surface area contributed by atoms with Gasteiger partial charge in [0.1, 0.15) is 0 Å². The molecule has 2 rings (SSSR count). The van der Waals surface area contributed by atoms with E-state index >= 15 is 0 Å². The van der Waals surface area contributed by atoms with Gasteiger partial charge in [0.2, 0.25) is 5.91 Å². The lowest BCUT2D eigenvalue weighted by Crippen LogP contribution is -2.42. The Morgan fingerprint density at radius 1 is 1.41 bits per heavy atom. The van der Waals surface area contributed by atoms with E-state index in [1.54, 1.807) is 0 Å². The summed E-state index contributed by atoms with van der Waals surface area (Å²) in [5.74, 6) is 0.284. The molecule has 92 valence electrons. The van der Waals surface area contributed by atoms with Gasteiger partial charge in [0, 0.05) is 18.2 Å². The molecule has 0 radical (unpaired) electrons. The summed E-state index contributed by atoms with van der Waals surface area (Å²) in [6.45, 7) is 4.28. The van der Waals surface area contributed by atoms with E-state index in [-0.39, 0.29) is 5.91 Å². The molecule has 0 aromatic heterocycles. The maximum Gasteiger partial charge on any atom is 0.227 e. The lowest BCUT2D eigenvalue weighted by molar-refractivity contribution is -0.119. The highest BCUT2D eigenvalue weighted by atomic mass is 16.2. The molecule has 1 amide bonds. The summed E-state index contributed by atoms with van der Waals surface area (Å²) in [4.78, 5) is 14.3. The number of hydrogen-bond acceptors (Lipinski definition) is 1. The van der Waals surface area contributed by atoms with Gasteiger partial charge in [-0.25, -0.2) is 0 Å². The van der Waals surface area contributed by atoms with Crippen LogP contribution in [0.1, 0.15) is 45.1 Å². The first kappa shape index (κ1) is 12.2. The van der Waals surface area contributed by atoms with Crippen molar-refractivity contribution in [3.05, 3.63) is 29.8 Å². The lowest BCUT2D eigenvalue weighted by Gasteiger charge is -2.35. The molecule has 0 fully saturated rings. The Morgan fingerprint density at radius 3 is 2.94 bits per heavy atom.